The molecule has 2 aliphatic heterocycles. The molecule has 4 aliphatic rings. The number of nitro benzene ring substituents is 3. The minimum atomic E-state index is -1.77. The van der Waals surface area contributed by atoms with Crippen LogP contribution in [0.5, 0.6) is 34.5 Å². The monoisotopic (exact) mass is 1040 g/mol. The average molecular weight is 1040 g/mol. The van der Waals surface area contributed by atoms with E-state index in [4.69, 9.17) is 38.4 Å². The first-order valence-electron chi connectivity index (χ1n) is 24.9. The van der Waals surface area contributed by atoms with Gasteiger partial charge in [-0.05, 0) is 115 Å². The lowest BCUT2D eigenvalue weighted by Gasteiger charge is -2.59. The van der Waals surface area contributed by atoms with Gasteiger partial charge in [0.15, 0.2) is 11.5 Å². The zero-order valence-electron chi connectivity index (χ0n) is 41.2. The predicted molar refractivity (Wildman–Crippen MR) is 273 cm³/mol. The van der Waals surface area contributed by atoms with Gasteiger partial charge in [0.25, 0.3) is 17.1 Å². The number of nitro groups is 3. The summed E-state index contributed by atoms with van der Waals surface area (Å²) < 4.78 is 38.3. The quantitative estimate of drug-likeness (QED) is 0.0266. The fraction of sp³-hybridized carbons (Fsp3) is 0.345. The number of rotatable bonds is 23. The summed E-state index contributed by atoms with van der Waals surface area (Å²) in [6.45, 7) is 3.66. The number of nitrogens with zero attached hydrogens (tertiary/aromatic N) is 5. The van der Waals surface area contributed by atoms with Gasteiger partial charge in [-0.25, -0.2) is 4.79 Å². The van der Waals surface area contributed by atoms with Crippen molar-refractivity contribution in [1.29, 1.82) is 0 Å². The molecule has 1 fully saturated rings. The van der Waals surface area contributed by atoms with Gasteiger partial charge in [-0.3, -0.25) is 35.2 Å². The van der Waals surface area contributed by atoms with E-state index in [0.29, 0.717) is 89.5 Å². The number of allylic oxidation sites excluding steroid dienone is 1. The number of hydrogen-bond donors (Lipinski definition) is 2. The number of fused-ring (bicyclic) bond motifs is 3. The van der Waals surface area contributed by atoms with Crippen LogP contribution in [-0.2, 0) is 22.7 Å². The summed E-state index contributed by atoms with van der Waals surface area (Å²) in [5.74, 6) is -1.49. The third-order valence-electron chi connectivity index (χ3n) is 14.1. The standard InChI is InChI=1S/C55H55N5O16/c1-2-26-72-55-51(57(32-36-14-22-49-50(27-36)71-34-70-49)54(63)75-41-19-17-39(18-20-41)59(66)67)31-47(56-73-33-35-12-15-38(16-13-35)58(64)65)45-28-37(8-3-5-24-61)44(11-4-6-25-62)52(53(45)55)46-30-43(21-23-48(46)76-55)74-42-10-7-9-40(29-42)60(68)69/h2,7,9-10,12-23,27-30,37,44,51-53,61-62H,1,3-6,8,11,24-26,31-34H2/t37-,44+,51-,52+,53+,55+/m0/s1. The molecule has 0 bridgehead atoms. The smallest absolute Gasteiger partial charge is 0.416 e. The Morgan fingerprint density at radius 3 is 2.13 bits per heavy atom. The summed E-state index contributed by atoms with van der Waals surface area (Å²) in [6.07, 6.45) is 6.40. The maximum atomic E-state index is 15.3. The van der Waals surface area contributed by atoms with Crippen molar-refractivity contribution in [2.24, 2.45) is 22.9 Å². The molecule has 5 aromatic carbocycles. The van der Waals surface area contributed by atoms with Gasteiger partial charge < -0.3 is 43.5 Å². The molecule has 21 heteroatoms. The Balaban J connectivity index is 1.24. The zero-order chi connectivity index (χ0) is 53.3. The number of carbonyl (C=O) groups excluding carboxylic acids is 1. The van der Waals surface area contributed by atoms with Crippen LogP contribution in [0, 0.1) is 48.1 Å². The summed E-state index contributed by atoms with van der Waals surface area (Å²) in [5.41, 5.74) is 2.55. The maximum Gasteiger partial charge on any atom is 0.416 e. The highest BCUT2D eigenvalue weighted by molar-refractivity contribution is 6.03. The molecule has 9 rings (SSSR count). The van der Waals surface area contributed by atoms with E-state index in [1.165, 1.54) is 59.5 Å². The topological polar surface area (TPSA) is 267 Å². The van der Waals surface area contributed by atoms with Crippen molar-refractivity contribution in [3.8, 4) is 34.5 Å². The highest BCUT2D eigenvalue weighted by atomic mass is 16.7. The van der Waals surface area contributed by atoms with Gasteiger partial charge in [-0.2, -0.15) is 0 Å². The van der Waals surface area contributed by atoms with Crippen molar-refractivity contribution in [3.05, 3.63) is 181 Å². The molecule has 1 amide bonds. The molecule has 5 aromatic rings. The van der Waals surface area contributed by atoms with Gasteiger partial charge in [0, 0.05) is 68.0 Å². The van der Waals surface area contributed by atoms with Crippen LogP contribution in [0.25, 0.3) is 0 Å². The molecule has 396 valence electrons. The fourth-order valence-electron chi connectivity index (χ4n) is 10.7. The van der Waals surface area contributed by atoms with Crippen LogP contribution < -0.4 is 23.7 Å². The number of carbonyl (C=O) groups is 1. The van der Waals surface area contributed by atoms with Gasteiger partial charge in [-0.1, -0.05) is 42.3 Å². The van der Waals surface area contributed by atoms with Crippen LogP contribution in [-0.4, -0.2) is 80.1 Å². The first-order chi connectivity index (χ1) is 36.9. The Bertz CT molecular complexity index is 3020. The Labute approximate surface area is 435 Å². The van der Waals surface area contributed by atoms with Crippen molar-refractivity contribution in [3.63, 3.8) is 0 Å². The van der Waals surface area contributed by atoms with E-state index in [0.717, 1.165) is 0 Å². The Hall–Kier alpha value is -8.40. The molecule has 21 nitrogen and oxygen atoms in total. The van der Waals surface area contributed by atoms with E-state index in [1.807, 2.05) is 6.07 Å². The first kappa shape index (κ1) is 52.5. The Morgan fingerprint density at radius 2 is 1.42 bits per heavy atom. The van der Waals surface area contributed by atoms with Crippen LogP contribution in [0.4, 0.5) is 21.9 Å². The summed E-state index contributed by atoms with van der Waals surface area (Å²) in [4.78, 5) is 56.3. The van der Waals surface area contributed by atoms with E-state index in [-0.39, 0.29) is 86.6 Å². The molecule has 2 aliphatic carbocycles. The molecule has 0 saturated heterocycles. The Kier molecular flexibility index (Phi) is 16.2. The maximum absolute atomic E-state index is 15.3. The number of unbranched alkanes of at least 4 members (excludes halogenated alkanes) is 2. The van der Waals surface area contributed by atoms with Crippen molar-refractivity contribution >= 4 is 28.9 Å². The minimum Gasteiger partial charge on any atom is -0.459 e. The molecule has 1 saturated carbocycles. The summed E-state index contributed by atoms with van der Waals surface area (Å²) >= 11 is 0. The van der Waals surface area contributed by atoms with E-state index in [9.17, 15) is 40.6 Å². The van der Waals surface area contributed by atoms with Crippen LogP contribution in [0.3, 0.4) is 0 Å². The lowest BCUT2D eigenvalue weighted by molar-refractivity contribution is -0.385. The summed E-state index contributed by atoms with van der Waals surface area (Å²) in [5, 5.41) is 59.9. The molecular formula is C55H55N5O16. The number of oxime groups is 1. The number of aliphatic hydroxyl groups is 2. The number of hydrogen-bond acceptors (Lipinski definition) is 17. The largest absolute Gasteiger partial charge is 0.459 e. The van der Waals surface area contributed by atoms with Crippen molar-refractivity contribution in [2.45, 2.75) is 75.8 Å². The van der Waals surface area contributed by atoms with Crippen LogP contribution >= 0.6 is 0 Å². The van der Waals surface area contributed by atoms with Crippen molar-refractivity contribution < 1.29 is 63.0 Å². The SMILES string of the molecule is C=CCO[C@@]12Oc3ccc(Oc4cccc([N+](=O)[O-])c4)cc3[C@H]3[C@H](CCCCO)[C@@H](CCCCO)C=C(C(=NOCc4ccc([N+](=O)[O-])cc4)C[C@@H]1N(Cc1ccc4c(c1)OCO4)C(=O)Oc1ccc([N+](=O)[O-])cc1)[C@H]32. The minimum absolute atomic E-state index is 0.00453. The molecule has 76 heavy (non-hydrogen) atoms. The Morgan fingerprint density at radius 1 is 0.763 bits per heavy atom. The summed E-state index contributed by atoms with van der Waals surface area (Å²) in [7, 11) is 0. The molecule has 0 radical (unpaired) electrons. The van der Waals surface area contributed by atoms with Gasteiger partial charge in [0.05, 0.1) is 39.1 Å². The molecule has 0 unspecified atom stereocenters. The molecule has 6 atom stereocenters. The lowest BCUT2D eigenvalue weighted by Crippen LogP contribution is -2.70. The zero-order valence-corrected chi connectivity index (χ0v) is 41.2. The summed E-state index contributed by atoms with van der Waals surface area (Å²) in [6, 6.07) is 26.2. The van der Waals surface area contributed by atoms with E-state index in [2.05, 4.69) is 12.7 Å². The van der Waals surface area contributed by atoms with E-state index >= 15 is 4.79 Å². The van der Waals surface area contributed by atoms with E-state index < -0.39 is 44.5 Å². The second-order valence-corrected chi connectivity index (χ2v) is 18.8. The second kappa shape index (κ2) is 23.4. The number of benzene rings is 5. The van der Waals surface area contributed by atoms with Gasteiger partial charge in [0.2, 0.25) is 12.6 Å². The number of ether oxygens (including phenoxy) is 6. The molecule has 2 N–H and O–H groups in total. The normalized spacial score (nSPS) is 21.3. The fourth-order valence-corrected chi connectivity index (χ4v) is 10.7. The van der Waals surface area contributed by atoms with E-state index in [1.54, 1.807) is 54.6 Å². The van der Waals surface area contributed by atoms with Crippen molar-refractivity contribution in [1.82, 2.24) is 4.90 Å². The van der Waals surface area contributed by atoms with Crippen LogP contribution in [0.15, 0.2) is 139 Å². The van der Waals surface area contributed by atoms with Crippen LogP contribution in [0.1, 0.15) is 67.6 Å². The molecule has 0 aromatic heterocycles. The number of aliphatic hydroxyl groups excluding tert-OH is 2. The van der Waals surface area contributed by atoms with Crippen LogP contribution in [0.2, 0.25) is 0 Å². The molecule has 0 spiro atoms. The van der Waals surface area contributed by atoms with Gasteiger partial charge in [0.1, 0.15) is 35.6 Å². The van der Waals surface area contributed by atoms with Gasteiger partial charge in [-0.15, -0.1) is 6.58 Å². The number of non-ortho nitro benzene ring substituents is 3. The van der Waals surface area contributed by atoms with Crippen molar-refractivity contribution in [2.75, 3.05) is 26.6 Å². The average Bonchev–Trinajstić information content (AvgIpc) is 3.91. The first-order valence-corrected chi connectivity index (χ1v) is 24.9. The van der Waals surface area contributed by atoms with Gasteiger partial charge >= 0.3 is 6.09 Å². The third-order valence-corrected chi connectivity index (χ3v) is 14.1. The lowest BCUT2D eigenvalue weighted by atomic mass is 9.55. The molecule has 2 heterocycles. The highest BCUT2D eigenvalue weighted by Gasteiger charge is 2.66. The number of amides is 1. The third kappa shape index (κ3) is 11.3. The highest BCUT2D eigenvalue weighted by Crippen LogP contribution is 2.62. The predicted octanol–water partition coefficient (Wildman–Crippen LogP) is 10.5. The molecular weight excluding hydrogens is 987 g/mol. The second-order valence-electron chi connectivity index (χ2n) is 18.8.